The van der Waals surface area contributed by atoms with E-state index in [2.05, 4.69) is 5.32 Å². The van der Waals surface area contributed by atoms with Gasteiger partial charge in [0.25, 0.3) is 0 Å². The number of carbonyl (C=O) groups is 2. The molecule has 138 valence electrons. The molecule has 6 heteroatoms. The lowest BCUT2D eigenvalue weighted by Crippen LogP contribution is -2.24. The third-order valence-corrected chi connectivity index (χ3v) is 3.76. The van der Waals surface area contributed by atoms with Crippen molar-refractivity contribution in [1.29, 1.82) is 0 Å². The molecule has 0 aliphatic heterocycles. The van der Waals surface area contributed by atoms with Crippen molar-refractivity contribution in [2.75, 3.05) is 13.7 Å². The highest BCUT2D eigenvalue weighted by Crippen LogP contribution is 2.18. The monoisotopic (exact) mass is 357 g/mol. The number of carboxylic acids is 1. The van der Waals surface area contributed by atoms with Gasteiger partial charge in [-0.15, -0.1) is 0 Å². The Kier molecular flexibility index (Phi) is 7.49. The van der Waals surface area contributed by atoms with Crippen molar-refractivity contribution in [1.82, 2.24) is 5.32 Å². The number of ether oxygens (including phenoxy) is 2. The summed E-state index contributed by atoms with van der Waals surface area (Å²) in [4.78, 5) is 22.5. The van der Waals surface area contributed by atoms with Crippen LogP contribution in [0.1, 0.15) is 24.0 Å². The van der Waals surface area contributed by atoms with Gasteiger partial charge in [-0.2, -0.15) is 0 Å². The van der Waals surface area contributed by atoms with Gasteiger partial charge in [0.2, 0.25) is 5.91 Å². The number of aliphatic carboxylic acids is 1. The molecule has 0 spiro atoms. The Labute approximate surface area is 152 Å². The molecule has 0 bridgehead atoms. The number of amides is 1. The molecule has 2 N–H and O–H groups in total. The number of hydrogen-bond donors (Lipinski definition) is 2. The summed E-state index contributed by atoms with van der Waals surface area (Å²) >= 11 is 0. The molecule has 0 saturated carbocycles. The van der Waals surface area contributed by atoms with E-state index < -0.39 is 5.97 Å². The lowest BCUT2D eigenvalue weighted by atomic mass is 10.1. The molecule has 26 heavy (non-hydrogen) atoms. The lowest BCUT2D eigenvalue weighted by molar-refractivity contribution is -0.137. The van der Waals surface area contributed by atoms with E-state index in [-0.39, 0.29) is 18.7 Å². The van der Waals surface area contributed by atoms with Gasteiger partial charge in [-0.25, -0.2) is 0 Å². The summed E-state index contributed by atoms with van der Waals surface area (Å²) in [6.45, 7) is 0.786. The van der Waals surface area contributed by atoms with Crippen molar-refractivity contribution in [3.8, 4) is 11.5 Å². The van der Waals surface area contributed by atoms with Gasteiger partial charge in [0.05, 0.1) is 20.1 Å². The quantitative estimate of drug-likeness (QED) is 0.639. The number of methoxy groups -OCH3 is 1. The van der Waals surface area contributed by atoms with Gasteiger partial charge >= 0.3 is 5.97 Å². The number of carboxylic acid groups (broad SMARTS) is 1. The normalized spacial score (nSPS) is 10.2. The second-order valence-electron chi connectivity index (χ2n) is 5.76. The average Bonchev–Trinajstić information content (AvgIpc) is 2.65. The predicted octanol–water partition coefficient (Wildman–Crippen LogP) is 2.80. The van der Waals surface area contributed by atoms with Gasteiger partial charge in [0.15, 0.2) is 0 Å². The van der Waals surface area contributed by atoms with E-state index in [9.17, 15) is 9.59 Å². The molecule has 2 rings (SSSR count). The van der Waals surface area contributed by atoms with E-state index in [0.29, 0.717) is 31.1 Å². The molecule has 2 aromatic rings. The fraction of sp³-hybridized carbons (Fsp3) is 0.300. The summed E-state index contributed by atoms with van der Waals surface area (Å²) < 4.78 is 10.7. The van der Waals surface area contributed by atoms with Crippen LogP contribution in [0.25, 0.3) is 0 Å². The number of para-hydroxylation sites is 1. The second-order valence-corrected chi connectivity index (χ2v) is 5.76. The summed E-state index contributed by atoms with van der Waals surface area (Å²) in [6.07, 6.45) is 0.821. The largest absolute Gasteiger partial charge is 0.496 e. The minimum absolute atomic E-state index is 0.0801. The molecule has 0 aliphatic carbocycles. The third-order valence-electron chi connectivity index (χ3n) is 3.76. The van der Waals surface area contributed by atoms with E-state index in [1.54, 1.807) is 7.11 Å². The zero-order valence-electron chi connectivity index (χ0n) is 14.7. The van der Waals surface area contributed by atoms with Crippen LogP contribution in [0.15, 0.2) is 48.5 Å². The van der Waals surface area contributed by atoms with Crippen LogP contribution in [0, 0.1) is 0 Å². The van der Waals surface area contributed by atoms with Gasteiger partial charge in [0.1, 0.15) is 11.5 Å². The summed E-state index contributed by atoms with van der Waals surface area (Å²) in [7, 11) is 1.59. The average molecular weight is 357 g/mol. The van der Waals surface area contributed by atoms with Gasteiger partial charge in [-0.3, -0.25) is 9.59 Å². The van der Waals surface area contributed by atoms with Crippen molar-refractivity contribution in [3.05, 3.63) is 59.7 Å². The van der Waals surface area contributed by atoms with E-state index in [0.717, 1.165) is 11.1 Å². The number of benzene rings is 2. The summed E-state index contributed by atoms with van der Waals surface area (Å²) in [5, 5.41) is 11.5. The van der Waals surface area contributed by atoms with Crippen LogP contribution in [0.4, 0.5) is 0 Å². The molecule has 0 atom stereocenters. The van der Waals surface area contributed by atoms with Crippen molar-refractivity contribution in [3.63, 3.8) is 0 Å². The third kappa shape index (κ3) is 6.47. The van der Waals surface area contributed by atoms with Gasteiger partial charge in [0, 0.05) is 18.5 Å². The first kappa shape index (κ1) is 19.3. The molecule has 0 aliphatic rings. The van der Waals surface area contributed by atoms with Crippen LogP contribution in [-0.4, -0.2) is 30.7 Å². The number of hydrogen-bond acceptors (Lipinski definition) is 4. The highest BCUT2D eigenvalue weighted by Gasteiger charge is 2.08. The molecule has 0 radical (unpaired) electrons. The Balaban J connectivity index is 1.76. The number of nitrogens with one attached hydrogen (secondary N) is 1. The fourth-order valence-corrected chi connectivity index (χ4v) is 2.40. The summed E-state index contributed by atoms with van der Waals surface area (Å²) in [6, 6.07) is 14.8. The standard InChI is InChI=1S/C20H23NO5/c1-25-18-6-3-2-5-16(18)13-19(22)21-14-15-8-10-17(11-9-15)26-12-4-7-20(23)24/h2-3,5-6,8-11H,4,7,12-14H2,1H3,(H,21,22)(H,23,24). The van der Waals surface area contributed by atoms with E-state index in [1.807, 2.05) is 48.5 Å². The maximum Gasteiger partial charge on any atom is 0.303 e. The molecule has 0 fully saturated rings. The van der Waals surface area contributed by atoms with Crippen molar-refractivity contribution >= 4 is 11.9 Å². The van der Waals surface area contributed by atoms with Crippen LogP contribution in [0.2, 0.25) is 0 Å². The lowest BCUT2D eigenvalue weighted by Gasteiger charge is -2.10. The Morgan fingerprint density at radius 2 is 1.81 bits per heavy atom. The smallest absolute Gasteiger partial charge is 0.303 e. The van der Waals surface area contributed by atoms with E-state index >= 15 is 0 Å². The van der Waals surface area contributed by atoms with Gasteiger partial charge < -0.3 is 19.9 Å². The predicted molar refractivity (Wildman–Crippen MR) is 97.4 cm³/mol. The summed E-state index contributed by atoms with van der Waals surface area (Å²) in [5.41, 5.74) is 1.80. The van der Waals surface area contributed by atoms with Crippen LogP contribution in [0.3, 0.4) is 0 Å². The SMILES string of the molecule is COc1ccccc1CC(=O)NCc1ccc(OCCCC(=O)O)cc1. The maximum absolute atomic E-state index is 12.1. The molecule has 0 saturated heterocycles. The van der Waals surface area contributed by atoms with Crippen LogP contribution in [-0.2, 0) is 22.6 Å². The zero-order chi connectivity index (χ0) is 18.8. The first-order chi connectivity index (χ1) is 12.6. The topological polar surface area (TPSA) is 84.9 Å². The van der Waals surface area contributed by atoms with Gasteiger partial charge in [-0.05, 0) is 30.2 Å². The number of carbonyl (C=O) groups excluding carboxylic acids is 1. The Morgan fingerprint density at radius 3 is 2.50 bits per heavy atom. The van der Waals surface area contributed by atoms with Crippen LogP contribution >= 0.6 is 0 Å². The molecular weight excluding hydrogens is 334 g/mol. The molecule has 0 unspecified atom stereocenters. The van der Waals surface area contributed by atoms with Gasteiger partial charge in [-0.1, -0.05) is 30.3 Å². The number of rotatable bonds is 10. The van der Waals surface area contributed by atoms with Crippen molar-refractivity contribution in [2.45, 2.75) is 25.8 Å². The molecule has 1 amide bonds. The molecule has 0 aromatic heterocycles. The fourth-order valence-electron chi connectivity index (χ4n) is 2.40. The Hall–Kier alpha value is -3.02. The molecule has 6 nitrogen and oxygen atoms in total. The first-order valence-corrected chi connectivity index (χ1v) is 8.40. The summed E-state index contributed by atoms with van der Waals surface area (Å²) in [5.74, 6) is 0.475. The molecule has 2 aromatic carbocycles. The Morgan fingerprint density at radius 1 is 1.08 bits per heavy atom. The van der Waals surface area contributed by atoms with E-state index in [1.165, 1.54) is 0 Å². The van der Waals surface area contributed by atoms with Crippen molar-refractivity contribution in [2.24, 2.45) is 0 Å². The Bertz CT molecular complexity index is 727. The molecule has 0 heterocycles. The highest BCUT2D eigenvalue weighted by molar-refractivity contribution is 5.79. The minimum atomic E-state index is -0.826. The molecular formula is C20H23NO5. The van der Waals surface area contributed by atoms with Crippen LogP contribution < -0.4 is 14.8 Å². The van der Waals surface area contributed by atoms with Crippen molar-refractivity contribution < 1.29 is 24.2 Å². The van der Waals surface area contributed by atoms with Crippen LogP contribution in [0.5, 0.6) is 11.5 Å². The highest BCUT2D eigenvalue weighted by atomic mass is 16.5. The zero-order valence-corrected chi connectivity index (χ0v) is 14.7. The first-order valence-electron chi connectivity index (χ1n) is 8.40. The van der Waals surface area contributed by atoms with E-state index in [4.69, 9.17) is 14.6 Å². The second kappa shape index (κ2) is 10.1. The maximum atomic E-state index is 12.1. The minimum Gasteiger partial charge on any atom is -0.496 e.